The third-order valence-electron chi connectivity index (χ3n) is 6.58. The summed E-state index contributed by atoms with van der Waals surface area (Å²) >= 11 is 8.98. The van der Waals surface area contributed by atoms with E-state index in [1.54, 1.807) is 17.0 Å². The molecule has 2 aliphatic heterocycles. The molecule has 10 heteroatoms. The largest absolute Gasteiger partial charge is 0.490 e. The summed E-state index contributed by atoms with van der Waals surface area (Å²) in [6.45, 7) is 3.41. The molecular weight excluding hydrogens is 663 g/mol. The van der Waals surface area contributed by atoms with Crippen molar-refractivity contribution >= 4 is 69.1 Å². The first-order chi connectivity index (χ1) is 19.3. The highest BCUT2D eigenvalue weighted by molar-refractivity contribution is 14.1. The zero-order chi connectivity index (χ0) is 28.2. The van der Waals surface area contributed by atoms with Crippen molar-refractivity contribution in [2.45, 2.75) is 26.5 Å². The Morgan fingerprint density at radius 1 is 1.07 bits per heavy atom. The smallest absolute Gasteiger partial charge is 0.294 e. The monoisotopic (exact) mass is 688 g/mol. The summed E-state index contributed by atoms with van der Waals surface area (Å²) in [5, 5.41) is 0.202. The Kier molecular flexibility index (Phi) is 9.02. The number of amides is 3. The van der Waals surface area contributed by atoms with Crippen LogP contribution in [0.3, 0.4) is 0 Å². The van der Waals surface area contributed by atoms with Crippen molar-refractivity contribution in [2.24, 2.45) is 0 Å². The number of benzene rings is 3. The maximum absolute atomic E-state index is 13.2. The van der Waals surface area contributed by atoms with Crippen LogP contribution in [0.15, 0.2) is 65.6 Å². The van der Waals surface area contributed by atoms with Crippen LogP contribution in [0.5, 0.6) is 11.5 Å². The lowest BCUT2D eigenvalue weighted by atomic mass is 10.00. The fraction of sp³-hybridized carbons (Fsp3) is 0.233. The molecule has 0 N–H and O–H groups in total. The maximum Gasteiger partial charge on any atom is 0.294 e. The normalized spacial score (nSPS) is 15.9. The number of halogens is 2. The Labute approximate surface area is 255 Å². The number of hydrogen-bond acceptors (Lipinski definition) is 6. The third kappa shape index (κ3) is 6.47. The van der Waals surface area contributed by atoms with Gasteiger partial charge in [0, 0.05) is 18.1 Å². The van der Waals surface area contributed by atoms with Gasteiger partial charge in [-0.3, -0.25) is 19.3 Å². The van der Waals surface area contributed by atoms with Gasteiger partial charge in [-0.15, -0.1) is 0 Å². The van der Waals surface area contributed by atoms with Crippen LogP contribution >= 0.6 is 46.0 Å². The highest BCUT2D eigenvalue weighted by atomic mass is 127. The van der Waals surface area contributed by atoms with Crippen LogP contribution in [0.25, 0.3) is 6.08 Å². The minimum atomic E-state index is -0.475. The number of imide groups is 1. The molecular formula is C30H26ClIN2O5S. The standard InChI is InChI=1S/C30H26ClIN2O5S/c1-2-38-25-14-20(13-24(32)28(25)39-18-19-7-9-23(31)10-8-19)15-26-29(36)34(30(37)40-26)17-27(35)33-12-11-21-5-3-4-6-22(21)16-33/h3-10,13-15H,2,11-12,16-18H2,1H3/b26-15+. The van der Waals surface area contributed by atoms with E-state index in [1.807, 2.05) is 55.5 Å². The SMILES string of the molecule is CCOc1cc(/C=C2/SC(=O)N(CC(=O)N3CCc4ccccc4C3)C2=O)cc(I)c1OCc1ccc(Cl)cc1. The summed E-state index contributed by atoms with van der Waals surface area (Å²) in [6, 6.07) is 19.1. The van der Waals surface area contributed by atoms with Gasteiger partial charge < -0.3 is 14.4 Å². The molecule has 3 amide bonds. The van der Waals surface area contributed by atoms with Crippen LogP contribution in [-0.2, 0) is 29.2 Å². The fourth-order valence-electron chi connectivity index (χ4n) is 4.54. The highest BCUT2D eigenvalue weighted by Gasteiger charge is 2.37. The van der Waals surface area contributed by atoms with E-state index >= 15 is 0 Å². The second kappa shape index (κ2) is 12.7. The van der Waals surface area contributed by atoms with E-state index in [-0.39, 0.29) is 17.4 Å². The first-order valence-electron chi connectivity index (χ1n) is 12.8. The fourth-order valence-corrected chi connectivity index (χ4v) is 6.29. The minimum Gasteiger partial charge on any atom is -0.490 e. The second-order valence-corrected chi connectivity index (χ2v) is 11.9. The minimum absolute atomic E-state index is 0.242. The van der Waals surface area contributed by atoms with Gasteiger partial charge in [0.25, 0.3) is 11.1 Å². The molecule has 0 aromatic heterocycles. The molecule has 0 spiro atoms. The summed E-state index contributed by atoms with van der Waals surface area (Å²) in [4.78, 5) is 41.9. The third-order valence-corrected chi connectivity index (χ3v) is 8.54. The lowest BCUT2D eigenvalue weighted by Gasteiger charge is -2.29. The zero-order valence-corrected chi connectivity index (χ0v) is 25.4. The molecule has 0 atom stereocenters. The summed E-state index contributed by atoms with van der Waals surface area (Å²) in [7, 11) is 0. The number of ether oxygens (including phenoxy) is 2. The van der Waals surface area contributed by atoms with Crippen LogP contribution in [0, 0.1) is 3.57 Å². The molecule has 0 bridgehead atoms. The molecule has 2 heterocycles. The maximum atomic E-state index is 13.2. The van der Waals surface area contributed by atoms with E-state index in [0.717, 1.165) is 37.8 Å². The number of carbonyl (C=O) groups is 3. The zero-order valence-electron chi connectivity index (χ0n) is 21.7. The topological polar surface area (TPSA) is 76.2 Å². The van der Waals surface area contributed by atoms with Crippen LogP contribution in [-0.4, -0.2) is 46.5 Å². The quantitative estimate of drug-likeness (QED) is 0.198. The summed E-state index contributed by atoms with van der Waals surface area (Å²) in [6.07, 6.45) is 2.41. The Morgan fingerprint density at radius 2 is 1.82 bits per heavy atom. The van der Waals surface area contributed by atoms with Gasteiger partial charge in [0.1, 0.15) is 13.2 Å². The number of thioether (sulfide) groups is 1. The molecule has 1 saturated heterocycles. The predicted octanol–water partition coefficient (Wildman–Crippen LogP) is 6.54. The Morgan fingerprint density at radius 3 is 2.58 bits per heavy atom. The molecule has 7 nitrogen and oxygen atoms in total. The van der Waals surface area contributed by atoms with Crippen molar-refractivity contribution in [3.05, 3.63) is 96.4 Å². The molecule has 206 valence electrons. The number of carbonyl (C=O) groups excluding carboxylic acids is 3. The van der Waals surface area contributed by atoms with E-state index < -0.39 is 11.1 Å². The lowest BCUT2D eigenvalue weighted by Crippen LogP contribution is -2.44. The molecule has 2 aliphatic rings. The molecule has 1 fully saturated rings. The number of nitrogens with zero attached hydrogens (tertiary/aromatic N) is 2. The summed E-state index contributed by atoms with van der Waals surface area (Å²) in [5.41, 5.74) is 3.97. The van der Waals surface area contributed by atoms with E-state index in [2.05, 4.69) is 28.7 Å². The molecule has 3 aromatic carbocycles. The molecule has 0 saturated carbocycles. The van der Waals surface area contributed by atoms with Gasteiger partial charge in [0.05, 0.1) is 15.1 Å². The first kappa shape index (κ1) is 28.5. The van der Waals surface area contributed by atoms with Gasteiger partial charge in [-0.25, -0.2) is 0 Å². The van der Waals surface area contributed by atoms with Crippen LogP contribution < -0.4 is 9.47 Å². The van der Waals surface area contributed by atoms with Crippen molar-refractivity contribution in [3.63, 3.8) is 0 Å². The van der Waals surface area contributed by atoms with Gasteiger partial charge >= 0.3 is 0 Å². The highest BCUT2D eigenvalue weighted by Crippen LogP contribution is 2.38. The first-order valence-corrected chi connectivity index (χ1v) is 15.0. The summed E-state index contributed by atoms with van der Waals surface area (Å²) < 4.78 is 12.7. The Hall–Kier alpha value is -3.02. The van der Waals surface area contributed by atoms with Gasteiger partial charge in [-0.05, 0) is 100 Å². The van der Waals surface area contributed by atoms with Gasteiger partial charge in [0.2, 0.25) is 5.91 Å². The Balaban J connectivity index is 1.29. The van der Waals surface area contributed by atoms with Crippen LogP contribution in [0.1, 0.15) is 29.2 Å². The van der Waals surface area contributed by atoms with E-state index in [1.165, 1.54) is 5.56 Å². The number of hydrogen-bond donors (Lipinski definition) is 0. The second-order valence-electron chi connectivity index (χ2n) is 9.28. The van der Waals surface area contributed by atoms with Crippen molar-refractivity contribution in [2.75, 3.05) is 19.7 Å². The van der Waals surface area contributed by atoms with E-state index in [9.17, 15) is 14.4 Å². The predicted molar refractivity (Wildman–Crippen MR) is 164 cm³/mol. The number of fused-ring (bicyclic) bond motifs is 1. The molecule has 40 heavy (non-hydrogen) atoms. The molecule has 0 aliphatic carbocycles. The molecule has 0 unspecified atom stereocenters. The van der Waals surface area contributed by atoms with Gasteiger partial charge in [-0.1, -0.05) is 48.0 Å². The van der Waals surface area contributed by atoms with Gasteiger partial charge in [-0.2, -0.15) is 0 Å². The van der Waals surface area contributed by atoms with Crippen molar-refractivity contribution in [3.8, 4) is 11.5 Å². The van der Waals surface area contributed by atoms with Crippen molar-refractivity contribution < 1.29 is 23.9 Å². The van der Waals surface area contributed by atoms with E-state index in [4.69, 9.17) is 21.1 Å². The van der Waals surface area contributed by atoms with Crippen LogP contribution in [0.2, 0.25) is 5.02 Å². The van der Waals surface area contributed by atoms with Crippen molar-refractivity contribution in [1.29, 1.82) is 0 Å². The van der Waals surface area contributed by atoms with Crippen LogP contribution in [0.4, 0.5) is 4.79 Å². The molecule has 3 aromatic rings. The molecule has 5 rings (SSSR count). The molecule has 0 radical (unpaired) electrons. The Bertz CT molecular complexity index is 1490. The number of rotatable bonds is 8. The average molecular weight is 689 g/mol. The average Bonchev–Trinajstić information content (AvgIpc) is 3.20. The summed E-state index contributed by atoms with van der Waals surface area (Å²) in [5.74, 6) is 0.413. The van der Waals surface area contributed by atoms with Crippen molar-refractivity contribution in [1.82, 2.24) is 9.80 Å². The van der Waals surface area contributed by atoms with Gasteiger partial charge in [0.15, 0.2) is 11.5 Å². The van der Waals surface area contributed by atoms with E-state index in [0.29, 0.717) is 48.4 Å². The lowest BCUT2D eigenvalue weighted by molar-refractivity contribution is -0.136.